The molecule has 0 fully saturated rings. The number of thiophene rings is 1. The maximum atomic E-state index is 12.7. The Balaban J connectivity index is 2.32. The number of nitrogens with zero attached hydrogens (tertiary/aromatic N) is 1. The van der Waals surface area contributed by atoms with Crippen LogP contribution in [0.1, 0.15) is 11.8 Å². The third kappa shape index (κ3) is 3.78. The fourth-order valence-electron chi connectivity index (χ4n) is 1.81. The first-order chi connectivity index (χ1) is 9.84. The molecule has 114 valence electrons. The SMILES string of the molecule is CCN(Cc1ccc(Br)s1)S(=O)(=O)c1ccc(Cl)c(N)c1. The van der Waals surface area contributed by atoms with E-state index in [0.717, 1.165) is 8.66 Å². The first-order valence-corrected chi connectivity index (χ1v) is 9.56. The second-order valence-corrected chi connectivity index (χ2v) is 9.21. The zero-order chi connectivity index (χ0) is 15.6. The molecule has 1 heterocycles. The third-order valence-electron chi connectivity index (χ3n) is 2.92. The normalized spacial score (nSPS) is 12.0. The lowest BCUT2D eigenvalue weighted by Gasteiger charge is -2.20. The Kier molecular flexibility index (Phi) is 5.32. The van der Waals surface area contributed by atoms with Crippen molar-refractivity contribution in [1.29, 1.82) is 0 Å². The van der Waals surface area contributed by atoms with Gasteiger partial charge in [-0.3, -0.25) is 0 Å². The molecule has 21 heavy (non-hydrogen) atoms. The number of halogens is 2. The highest BCUT2D eigenvalue weighted by Gasteiger charge is 2.24. The molecule has 1 aromatic heterocycles. The monoisotopic (exact) mass is 408 g/mol. The number of nitrogen functional groups attached to an aromatic ring is 1. The summed E-state index contributed by atoms with van der Waals surface area (Å²) in [4.78, 5) is 1.12. The summed E-state index contributed by atoms with van der Waals surface area (Å²) >= 11 is 10.7. The van der Waals surface area contributed by atoms with Crippen LogP contribution in [0.5, 0.6) is 0 Å². The maximum Gasteiger partial charge on any atom is 0.243 e. The molecule has 4 nitrogen and oxygen atoms in total. The zero-order valence-corrected chi connectivity index (χ0v) is 15.2. The fraction of sp³-hybridized carbons (Fsp3) is 0.231. The molecule has 0 unspecified atom stereocenters. The van der Waals surface area contributed by atoms with Crippen LogP contribution in [0, 0.1) is 0 Å². The molecule has 0 aliphatic carbocycles. The predicted octanol–water partition coefficient (Wildman–Crippen LogP) is 3.96. The molecule has 1 aromatic carbocycles. The van der Waals surface area contributed by atoms with Crippen molar-refractivity contribution in [3.63, 3.8) is 0 Å². The second-order valence-electron chi connectivity index (χ2n) is 4.32. The molecule has 2 N–H and O–H groups in total. The van der Waals surface area contributed by atoms with E-state index in [1.165, 1.54) is 33.8 Å². The Bertz CT molecular complexity index is 746. The summed E-state index contributed by atoms with van der Waals surface area (Å²) in [6.45, 7) is 2.51. The Hall–Kier alpha value is -0.600. The smallest absolute Gasteiger partial charge is 0.243 e. The quantitative estimate of drug-likeness (QED) is 0.760. The zero-order valence-electron chi connectivity index (χ0n) is 11.2. The first-order valence-electron chi connectivity index (χ1n) is 6.14. The average Bonchev–Trinajstić information content (AvgIpc) is 2.84. The van der Waals surface area contributed by atoms with E-state index in [4.69, 9.17) is 17.3 Å². The molecule has 0 saturated heterocycles. The minimum atomic E-state index is -3.59. The lowest BCUT2D eigenvalue weighted by Crippen LogP contribution is -2.30. The molecular weight excluding hydrogens is 396 g/mol. The summed E-state index contributed by atoms with van der Waals surface area (Å²) < 4.78 is 27.7. The van der Waals surface area contributed by atoms with Crippen molar-refractivity contribution in [2.24, 2.45) is 0 Å². The molecule has 2 aromatic rings. The van der Waals surface area contributed by atoms with Crippen LogP contribution in [0.25, 0.3) is 0 Å². The molecule has 0 atom stereocenters. The molecular formula is C13H14BrClN2O2S2. The lowest BCUT2D eigenvalue weighted by molar-refractivity contribution is 0.426. The molecule has 0 bridgehead atoms. The number of nitrogens with two attached hydrogens (primary N) is 1. The van der Waals surface area contributed by atoms with Crippen molar-refractivity contribution in [2.45, 2.75) is 18.4 Å². The highest BCUT2D eigenvalue weighted by atomic mass is 79.9. The standard InChI is InChI=1S/C13H14BrClN2O2S2/c1-2-17(8-9-3-6-13(14)20-9)21(18,19)10-4-5-11(15)12(16)7-10/h3-7H,2,8,16H2,1H3. The molecule has 0 spiro atoms. The van der Waals surface area contributed by atoms with Gasteiger partial charge in [-0.05, 0) is 46.3 Å². The van der Waals surface area contributed by atoms with E-state index in [-0.39, 0.29) is 10.6 Å². The number of hydrogen-bond acceptors (Lipinski definition) is 4. The number of anilines is 1. The van der Waals surface area contributed by atoms with Crippen LogP contribution >= 0.6 is 38.9 Å². The summed E-state index contributed by atoms with van der Waals surface area (Å²) in [5.74, 6) is 0. The minimum Gasteiger partial charge on any atom is -0.397 e. The van der Waals surface area contributed by atoms with Gasteiger partial charge < -0.3 is 5.73 Å². The predicted molar refractivity (Wildman–Crippen MR) is 91.2 cm³/mol. The van der Waals surface area contributed by atoms with Crippen molar-refractivity contribution >= 4 is 54.6 Å². The number of hydrogen-bond donors (Lipinski definition) is 1. The van der Waals surface area contributed by atoms with E-state index in [1.807, 2.05) is 12.1 Å². The van der Waals surface area contributed by atoms with Gasteiger partial charge in [-0.15, -0.1) is 11.3 Å². The lowest BCUT2D eigenvalue weighted by atomic mass is 10.3. The fourth-order valence-corrected chi connectivity index (χ4v) is 4.97. The van der Waals surface area contributed by atoms with Crippen molar-refractivity contribution in [3.8, 4) is 0 Å². The molecule has 8 heteroatoms. The second kappa shape index (κ2) is 6.66. The summed E-state index contributed by atoms with van der Waals surface area (Å²) in [6, 6.07) is 8.18. The van der Waals surface area contributed by atoms with Crippen molar-refractivity contribution in [2.75, 3.05) is 12.3 Å². The largest absolute Gasteiger partial charge is 0.397 e. The molecule has 0 aliphatic heterocycles. The van der Waals surface area contributed by atoms with Crippen LogP contribution in [-0.4, -0.2) is 19.3 Å². The summed E-state index contributed by atoms with van der Waals surface area (Å²) in [6.07, 6.45) is 0. The summed E-state index contributed by atoms with van der Waals surface area (Å²) in [5, 5.41) is 0.346. The number of benzene rings is 1. The van der Waals surface area contributed by atoms with Crippen LogP contribution in [0.15, 0.2) is 39.0 Å². The molecule has 0 saturated carbocycles. The molecule has 0 radical (unpaired) electrons. The van der Waals surface area contributed by atoms with Crippen LogP contribution in [0.4, 0.5) is 5.69 Å². The van der Waals surface area contributed by atoms with E-state index in [1.54, 1.807) is 6.92 Å². The van der Waals surface area contributed by atoms with Crippen molar-refractivity contribution in [3.05, 3.63) is 44.0 Å². The van der Waals surface area contributed by atoms with Crippen LogP contribution in [0.3, 0.4) is 0 Å². The van der Waals surface area contributed by atoms with E-state index < -0.39 is 10.0 Å². The van der Waals surface area contributed by atoms with Gasteiger partial charge in [0.05, 0.1) is 19.4 Å². The topological polar surface area (TPSA) is 63.4 Å². The maximum absolute atomic E-state index is 12.7. The molecule has 0 amide bonds. The number of sulfonamides is 1. The minimum absolute atomic E-state index is 0.155. The Morgan fingerprint density at radius 2 is 2.05 bits per heavy atom. The number of rotatable bonds is 5. The highest BCUT2D eigenvalue weighted by Crippen LogP contribution is 2.28. The highest BCUT2D eigenvalue weighted by molar-refractivity contribution is 9.11. The third-order valence-corrected chi connectivity index (χ3v) is 6.79. The van der Waals surface area contributed by atoms with Crippen LogP contribution in [0.2, 0.25) is 5.02 Å². The Morgan fingerprint density at radius 3 is 2.57 bits per heavy atom. The van der Waals surface area contributed by atoms with E-state index in [2.05, 4.69) is 15.9 Å². The van der Waals surface area contributed by atoms with E-state index in [0.29, 0.717) is 18.1 Å². The van der Waals surface area contributed by atoms with Crippen molar-refractivity contribution in [1.82, 2.24) is 4.31 Å². The van der Waals surface area contributed by atoms with Gasteiger partial charge in [0.1, 0.15) is 0 Å². The van der Waals surface area contributed by atoms with Gasteiger partial charge in [-0.2, -0.15) is 4.31 Å². The van der Waals surface area contributed by atoms with Gasteiger partial charge in [-0.1, -0.05) is 18.5 Å². The summed E-state index contributed by atoms with van der Waals surface area (Å²) in [7, 11) is -3.59. The van der Waals surface area contributed by atoms with E-state index in [9.17, 15) is 8.42 Å². The Labute approximate surface area is 141 Å². The molecule has 0 aliphatic rings. The average molecular weight is 410 g/mol. The van der Waals surface area contributed by atoms with Crippen LogP contribution < -0.4 is 5.73 Å². The summed E-state index contributed by atoms with van der Waals surface area (Å²) in [5.41, 5.74) is 5.95. The van der Waals surface area contributed by atoms with Gasteiger partial charge in [0.15, 0.2) is 0 Å². The molecule has 2 rings (SSSR count). The van der Waals surface area contributed by atoms with Crippen LogP contribution in [-0.2, 0) is 16.6 Å². The van der Waals surface area contributed by atoms with E-state index >= 15 is 0 Å². The van der Waals surface area contributed by atoms with Gasteiger partial charge in [0.2, 0.25) is 10.0 Å². The van der Waals surface area contributed by atoms with Gasteiger partial charge in [-0.25, -0.2) is 8.42 Å². The van der Waals surface area contributed by atoms with Gasteiger partial charge in [0.25, 0.3) is 0 Å². The first kappa shape index (κ1) is 16.8. The Morgan fingerprint density at radius 1 is 1.33 bits per heavy atom. The van der Waals surface area contributed by atoms with Gasteiger partial charge in [0, 0.05) is 18.0 Å². The van der Waals surface area contributed by atoms with Gasteiger partial charge >= 0.3 is 0 Å². The van der Waals surface area contributed by atoms with Crippen molar-refractivity contribution < 1.29 is 8.42 Å².